The monoisotopic (exact) mass is 437 g/mol. The lowest BCUT2D eigenvalue weighted by Crippen LogP contribution is -2.05. The van der Waals surface area contributed by atoms with Crippen LogP contribution >= 0.6 is 0 Å². The normalized spacial score (nSPS) is 11.0. The molecule has 0 aliphatic heterocycles. The zero-order chi connectivity index (χ0) is 22.8. The van der Waals surface area contributed by atoms with E-state index in [2.05, 4.69) is 10.1 Å². The highest BCUT2D eigenvalue weighted by Gasteiger charge is 2.18. The van der Waals surface area contributed by atoms with Gasteiger partial charge in [-0.05, 0) is 50.6 Å². The van der Waals surface area contributed by atoms with Crippen molar-refractivity contribution in [2.24, 2.45) is 0 Å². The van der Waals surface area contributed by atoms with Crippen molar-refractivity contribution in [2.75, 3.05) is 6.61 Å². The highest BCUT2D eigenvalue weighted by atomic mass is 19.1. The quantitative estimate of drug-likeness (QED) is 0.395. The lowest BCUT2D eigenvalue weighted by Gasteiger charge is -2.11. The Hall–Kier alpha value is -3.81. The first kappa shape index (κ1) is 21.4. The average Bonchev–Trinajstić information content (AvgIpc) is 3.09. The molecule has 4 rings (SSSR count). The molecule has 6 nitrogen and oxygen atoms in total. The smallest absolute Gasteiger partial charge is 0.339 e. The number of ether oxygens (including phenoxy) is 2. The van der Waals surface area contributed by atoms with E-state index in [9.17, 15) is 13.6 Å². The van der Waals surface area contributed by atoms with Gasteiger partial charge in [0.15, 0.2) is 0 Å². The van der Waals surface area contributed by atoms with E-state index < -0.39 is 17.6 Å². The number of pyridine rings is 2. The van der Waals surface area contributed by atoms with Crippen molar-refractivity contribution in [1.29, 1.82) is 0 Å². The van der Waals surface area contributed by atoms with Gasteiger partial charge in [0.25, 0.3) is 0 Å². The number of hydrogen-bond acceptors (Lipinski definition) is 5. The van der Waals surface area contributed by atoms with Crippen LogP contribution in [0.1, 0.15) is 34.1 Å². The summed E-state index contributed by atoms with van der Waals surface area (Å²) in [5.41, 5.74) is 3.92. The van der Waals surface area contributed by atoms with E-state index in [4.69, 9.17) is 9.47 Å². The number of carbonyl (C=O) groups excluding carboxylic acids is 1. The highest BCUT2D eigenvalue weighted by molar-refractivity contribution is 5.92. The number of hydrogen-bond donors (Lipinski definition) is 0. The molecule has 0 atom stereocenters. The van der Waals surface area contributed by atoms with Crippen LogP contribution < -0.4 is 4.74 Å². The van der Waals surface area contributed by atoms with Gasteiger partial charge in [-0.3, -0.25) is 4.98 Å². The SMILES string of the molecule is CCOC(=O)c1cncc(-c2c(C)nn3c(OCc4c(F)cccc4F)cc(C)cc23)c1. The maximum atomic E-state index is 14.0. The molecule has 0 N–H and O–H groups in total. The van der Waals surface area contributed by atoms with E-state index >= 15 is 0 Å². The maximum Gasteiger partial charge on any atom is 0.339 e. The van der Waals surface area contributed by atoms with Gasteiger partial charge in [0, 0.05) is 29.6 Å². The summed E-state index contributed by atoms with van der Waals surface area (Å²) in [6, 6.07) is 9.05. The Morgan fingerprint density at radius 2 is 1.84 bits per heavy atom. The molecule has 0 bridgehead atoms. The van der Waals surface area contributed by atoms with Crippen molar-refractivity contribution in [3.05, 3.63) is 82.8 Å². The van der Waals surface area contributed by atoms with Crippen LogP contribution in [0.5, 0.6) is 5.88 Å². The van der Waals surface area contributed by atoms with Crippen molar-refractivity contribution in [1.82, 2.24) is 14.6 Å². The molecule has 0 unspecified atom stereocenters. The second-order valence-electron chi connectivity index (χ2n) is 7.30. The fourth-order valence-electron chi connectivity index (χ4n) is 3.54. The Labute approximate surface area is 183 Å². The minimum absolute atomic E-state index is 0.155. The first-order valence-corrected chi connectivity index (χ1v) is 10.1. The molecule has 164 valence electrons. The summed E-state index contributed by atoms with van der Waals surface area (Å²) in [6.07, 6.45) is 3.09. The fourth-order valence-corrected chi connectivity index (χ4v) is 3.54. The third kappa shape index (κ3) is 4.03. The predicted octanol–water partition coefficient (Wildman–Crippen LogP) is 5.05. The Morgan fingerprint density at radius 3 is 2.56 bits per heavy atom. The second-order valence-corrected chi connectivity index (χ2v) is 7.30. The van der Waals surface area contributed by atoms with Crippen molar-refractivity contribution in [3.8, 4) is 17.0 Å². The number of halogens is 2. The van der Waals surface area contributed by atoms with Crippen molar-refractivity contribution in [2.45, 2.75) is 27.4 Å². The van der Waals surface area contributed by atoms with E-state index in [1.807, 2.05) is 19.9 Å². The number of fused-ring (bicyclic) bond motifs is 1. The largest absolute Gasteiger partial charge is 0.473 e. The summed E-state index contributed by atoms with van der Waals surface area (Å²) in [5.74, 6) is -1.46. The lowest BCUT2D eigenvalue weighted by atomic mass is 10.0. The molecule has 0 aliphatic carbocycles. The molecule has 0 saturated heterocycles. The van der Waals surface area contributed by atoms with Crippen LogP contribution in [-0.2, 0) is 11.3 Å². The number of nitrogens with zero attached hydrogens (tertiary/aromatic N) is 3. The molecular weight excluding hydrogens is 416 g/mol. The van der Waals surface area contributed by atoms with Gasteiger partial charge in [-0.15, -0.1) is 0 Å². The number of rotatable bonds is 6. The number of esters is 1. The molecule has 3 heterocycles. The number of benzene rings is 1. The zero-order valence-corrected chi connectivity index (χ0v) is 17.9. The van der Waals surface area contributed by atoms with Gasteiger partial charge in [-0.2, -0.15) is 5.10 Å². The van der Waals surface area contributed by atoms with Gasteiger partial charge in [-0.25, -0.2) is 18.1 Å². The van der Waals surface area contributed by atoms with Crippen LogP contribution in [0.15, 0.2) is 48.8 Å². The van der Waals surface area contributed by atoms with Gasteiger partial charge in [0.2, 0.25) is 5.88 Å². The van der Waals surface area contributed by atoms with Gasteiger partial charge in [0.1, 0.15) is 18.2 Å². The molecule has 0 fully saturated rings. The number of carbonyl (C=O) groups is 1. The molecular formula is C24H21F2N3O3. The molecule has 4 aromatic rings. The molecule has 0 amide bonds. The summed E-state index contributed by atoms with van der Waals surface area (Å²) < 4.78 is 40.4. The van der Waals surface area contributed by atoms with Gasteiger partial charge >= 0.3 is 5.97 Å². The summed E-state index contributed by atoms with van der Waals surface area (Å²) in [6.45, 7) is 5.43. The third-order valence-corrected chi connectivity index (χ3v) is 4.98. The highest BCUT2D eigenvalue weighted by Crippen LogP contribution is 2.32. The van der Waals surface area contributed by atoms with E-state index in [0.29, 0.717) is 28.2 Å². The number of aryl methyl sites for hydroxylation is 2. The van der Waals surface area contributed by atoms with Crippen molar-refractivity contribution >= 4 is 11.5 Å². The topological polar surface area (TPSA) is 65.7 Å². The lowest BCUT2D eigenvalue weighted by molar-refractivity contribution is 0.0526. The Bertz CT molecular complexity index is 1300. The molecule has 1 aromatic carbocycles. The van der Waals surface area contributed by atoms with Crippen LogP contribution in [0.2, 0.25) is 0 Å². The summed E-state index contributed by atoms with van der Waals surface area (Å²) in [7, 11) is 0. The second kappa shape index (κ2) is 8.74. The first-order valence-electron chi connectivity index (χ1n) is 10.1. The number of aromatic nitrogens is 3. The average molecular weight is 437 g/mol. The maximum absolute atomic E-state index is 14.0. The van der Waals surface area contributed by atoms with Gasteiger partial charge in [-0.1, -0.05) is 6.07 Å². The molecule has 8 heteroatoms. The summed E-state index contributed by atoms with van der Waals surface area (Å²) >= 11 is 0. The van der Waals surface area contributed by atoms with E-state index in [0.717, 1.165) is 11.1 Å². The van der Waals surface area contributed by atoms with Crippen LogP contribution in [0.4, 0.5) is 8.78 Å². The molecule has 0 spiro atoms. The summed E-state index contributed by atoms with van der Waals surface area (Å²) in [4.78, 5) is 16.3. The molecule has 32 heavy (non-hydrogen) atoms. The molecule has 3 aromatic heterocycles. The standard InChI is InChI=1S/C24H21F2N3O3/c1-4-31-24(30)17-10-16(11-27-12-17)23-15(3)28-29-21(23)8-14(2)9-22(29)32-13-18-19(25)6-5-7-20(18)26/h5-12H,4,13H2,1-3H3. The molecule has 0 aliphatic rings. The van der Waals surface area contributed by atoms with Crippen LogP contribution in [0, 0.1) is 25.5 Å². The van der Waals surface area contributed by atoms with E-state index in [-0.39, 0.29) is 18.8 Å². The zero-order valence-electron chi connectivity index (χ0n) is 17.9. The Kier molecular flexibility index (Phi) is 5.85. The van der Waals surface area contributed by atoms with Crippen LogP contribution in [-0.4, -0.2) is 27.2 Å². The minimum atomic E-state index is -0.673. The molecule has 0 saturated carbocycles. The summed E-state index contributed by atoms with van der Waals surface area (Å²) in [5, 5.41) is 4.56. The van der Waals surface area contributed by atoms with E-state index in [1.165, 1.54) is 24.4 Å². The van der Waals surface area contributed by atoms with Crippen LogP contribution in [0.25, 0.3) is 16.6 Å². The minimum Gasteiger partial charge on any atom is -0.473 e. The van der Waals surface area contributed by atoms with Crippen molar-refractivity contribution in [3.63, 3.8) is 0 Å². The van der Waals surface area contributed by atoms with Gasteiger partial charge < -0.3 is 9.47 Å². The predicted molar refractivity (Wildman–Crippen MR) is 115 cm³/mol. The van der Waals surface area contributed by atoms with Crippen LogP contribution in [0.3, 0.4) is 0 Å². The first-order chi connectivity index (χ1) is 15.4. The van der Waals surface area contributed by atoms with Crippen molar-refractivity contribution < 1.29 is 23.0 Å². The van der Waals surface area contributed by atoms with E-state index in [1.54, 1.807) is 29.8 Å². The Balaban J connectivity index is 1.76. The fraction of sp³-hybridized carbons (Fsp3) is 0.208. The molecule has 0 radical (unpaired) electrons. The third-order valence-electron chi connectivity index (χ3n) is 4.98. The van der Waals surface area contributed by atoms with Gasteiger partial charge in [0.05, 0.1) is 28.9 Å². The Morgan fingerprint density at radius 1 is 1.09 bits per heavy atom.